The Labute approximate surface area is 130 Å². The number of sulfonamides is 1. The fourth-order valence-corrected chi connectivity index (χ4v) is 3.52. The summed E-state index contributed by atoms with van der Waals surface area (Å²) >= 11 is 0. The Balaban J connectivity index is 0.00000220. The Morgan fingerprint density at radius 3 is 2.62 bits per heavy atom. The topological polar surface area (TPSA) is 106 Å². The molecule has 1 unspecified atom stereocenters. The van der Waals surface area contributed by atoms with Crippen LogP contribution < -0.4 is 15.8 Å². The zero-order valence-corrected chi connectivity index (χ0v) is 13.6. The average molecular weight is 337 g/mol. The van der Waals surface area contributed by atoms with Crippen LogP contribution in [0.3, 0.4) is 0 Å². The van der Waals surface area contributed by atoms with Gasteiger partial charge < -0.3 is 15.6 Å². The summed E-state index contributed by atoms with van der Waals surface area (Å²) in [5.41, 5.74) is 5.90. The monoisotopic (exact) mass is 336 g/mol. The number of hydrogen-bond donors (Lipinski definition) is 3. The second kappa shape index (κ2) is 6.78. The summed E-state index contributed by atoms with van der Waals surface area (Å²) in [5.74, 6) is 0.00316. The number of aryl methyl sites for hydroxylation is 1. The minimum absolute atomic E-state index is 0. The maximum atomic E-state index is 12.3. The van der Waals surface area contributed by atoms with Gasteiger partial charge in [-0.3, -0.25) is 4.79 Å². The molecular weight excluding hydrogens is 316 g/mol. The molecule has 1 heterocycles. The zero-order valence-electron chi connectivity index (χ0n) is 12.0. The summed E-state index contributed by atoms with van der Waals surface area (Å²) in [7, 11) is -0.522. The van der Waals surface area contributed by atoms with E-state index >= 15 is 0 Å². The summed E-state index contributed by atoms with van der Waals surface area (Å²) in [6.07, 6.45) is 3.43. The van der Waals surface area contributed by atoms with Gasteiger partial charge in [-0.05, 0) is 24.8 Å². The van der Waals surface area contributed by atoms with E-state index in [1.807, 2.05) is 0 Å². The van der Waals surface area contributed by atoms with E-state index in [0.717, 1.165) is 12.8 Å². The van der Waals surface area contributed by atoms with Crippen molar-refractivity contribution in [3.63, 3.8) is 0 Å². The van der Waals surface area contributed by atoms with E-state index in [1.54, 1.807) is 7.05 Å². The van der Waals surface area contributed by atoms with Crippen molar-refractivity contribution in [1.29, 1.82) is 0 Å². The van der Waals surface area contributed by atoms with Gasteiger partial charge in [-0.15, -0.1) is 12.4 Å². The number of rotatable bonds is 6. The first-order valence-electron chi connectivity index (χ1n) is 6.50. The number of hydrogen-bond acceptors (Lipinski definition) is 4. The van der Waals surface area contributed by atoms with E-state index in [4.69, 9.17) is 5.73 Å². The predicted octanol–water partition coefficient (Wildman–Crippen LogP) is -0.178. The Bertz CT molecular complexity index is 610. The van der Waals surface area contributed by atoms with E-state index in [9.17, 15) is 13.2 Å². The lowest BCUT2D eigenvalue weighted by Crippen LogP contribution is -2.41. The van der Waals surface area contributed by atoms with E-state index in [2.05, 4.69) is 10.0 Å². The molecule has 1 aliphatic carbocycles. The fraction of sp³-hybridized carbons (Fsp3) is 0.583. The van der Waals surface area contributed by atoms with Crippen LogP contribution in [0, 0.1) is 5.92 Å². The van der Waals surface area contributed by atoms with E-state index in [-0.39, 0.29) is 35.8 Å². The zero-order chi connectivity index (χ0) is 14.9. The highest BCUT2D eigenvalue weighted by Crippen LogP contribution is 2.32. The molecule has 1 aliphatic rings. The third-order valence-electron chi connectivity index (χ3n) is 3.50. The predicted molar refractivity (Wildman–Crippen MR) is 81.9 cm³/mol. The molecule has 7 nitrogen and oxygen atoms in total. The Morgan fingerprint density at radius 2 is 2.14 bits per heavy atom. The van der Waals surface area contributed by atoms with Crippen LogP contribution in [-0.4, -0.2) is 38.5 Å². The quantitative estimate of drug-likeness (QED) is 0.670. The molecule has 21 heavy (non-hydrogen) atoms. The van der Waals surface area contributed by atoms with Crippen molar-refractivity contribution >= 4 is 28.3 Å². The summed E-state index contributed by atoms with van der Waals surface area (Å²) in [5, 5.41) is 2.47. The number of carbonyl (C=O) groups excluding carboxylic acids is 1. The SMILES string of the molecule is CNC(=O)c1cc(S(=O)(=O)NC(CN)C2CC2)cn1C.Cl. The second-order valence-corrected chi connectivity index (χ2v) is 6.77. The molecule has 1 amide bonds. The minimum atomic E-state index is -3.65. The normalized spacial score (nSPS) is 16.1. The highest BCUT2D eigenvalue weighted by atomic mass is 35.5. The number of nitrogens with one attached hydrogen (secondary N) is 2. The van der Waals surface area contributed by atoms with Gasteiger partial charge in [0.05, 0.1) is 0 Å². The number of nitrogens with zero attached hydrogens (tertiary/aromatic N) is 1. The number of amides is 1. The van der Waals surface area contributed by atoms with Gasteiger partial charge in [0.1, 0.15) is 10.6 Å². The van der Waals surface area contributed by atoms with E-state index in [1.165, 1.54) is 23.9 Å². The van der Waals surface area contributed by atoms with Gasteiger partial charge in [0.2, 0.25) is 10.0 Å². The molecule has 1 saturated carbocycles. The van der Waals surface area contributed by atoms with Crippen LogP contribution in [0.4, 0.5) is 0 Å². The smallest absolute Gasteiger partial charge is 0.267 e. The molecule has 4 N–H and O–H groups in total. The van der Waals surface area contributed by atoms with Gasteiger partial charge in [0, 0.05) is 32.9 Å². The number of nitrogens with two attached hydrogens (primary N) is 1. The highest BCUT2D eigenvalue weighted by Gasteiger charge is 2.34. The fourth-order valence-electron chi connectivity index (χ4n) is 2.14. The van der Waals surface area contributed by atoms with Crippen molar-refractivity contribution in [3.05, 3.63) is 18.0 Å². The molecule has 9 heteroatoms. The summed E-state index contributed by atoms with van der Waals surface area (Å²) < 4.78 is 28.7. The standard InChI is InChI=1S/C12H20N4O3S.ClH/c1-14-12(17)11-5-9(7-16(11)2)20(18,19)15-10(6-13)8-3-4-8;/h5,7-8,10,15H,3-4,6,13H2,1-2H3,(H,14,17);1H. The summed E-state index contributed by atoms with van der Waals surface area (Å²) in [6.45, 7) is 0.277. The van der Waals surface area contributed by atoms with Crippen LogP contribution in [-0.2, 0) is 17.1 Å². The van der Waals surface area contributed by atoms with Gasteiger partial charge >= 0.3 is 0 Å². The molecule has 1 atom stereocenters. The minimum Gasteiger partial charge on any atom is -0.354 e. The molecule has 0 aliphatic heterocycles. The molecule has 0 bridgehead atoms. The van der Waals surface area contributed by atoms with Gasteiger partial charge in [-0.2, -0.15) is 0 Å². The molecule has 0 radical (unpaired) electrons. The van der Waals surface area contributed by atoms with Crippen molar-refractivity contribution < 1.29 is 13.2 Å². The molecule has 1 aromatic heterocycles. The van der Waals surface area contributed by atoms with Crippen molar-refractivity contribution in [2.24, 2.45) is 18.7 Å². The number of carbonyl (C=O) groups is 1. The second-order valence-electron chi connectivity index (χ2n) is 5.05. The maximum absolute atomic E-state index is 12.3. The molecule has 120 valence electrons. The molecule has 1 aromatic rings. The molecular formula is C12H21ClN4O3S. The maximum Gasteiger partial charge on any atom is 0.267 e. The molecule has 0 aromatic carbocycles. The van der Waals surface area contributed by atoms with Crippen molar-refractivity contribution in [2.75, 3.05) is 13.6 Å². The Morgan fingerprint density at radius 1 is 1.52 bits per heavy atom. The van der Waals surface area contributed by atoms with Crippen LogP contribution in [0.15, 0.2) is 17.2 Å². The van der Waals surface area contributed by atoms with E-state index in [0.29, 0.717) is 11.6 Å². The number of aromatic nitrogens is 1. The average Bonchev–Trinajstić information content (AvgIpc) is 3.17. The van der Waals surface area contributed by atoms with Crippen LogP contribution in [0.2, 0.25) is 0 Å². The molecule has 0 spiro atoms. The lowest BCUT2D eigenvalue weighted by atomic mass is 10.2. The van der Waals surface area contributed by atoms with Crippen molar-refractivity contribution in [2.45, 2.75) is 23.8 Å². The third-order valence-corrected chi connectivity index (χ3v) is 4.96. The highest BCUT2D eigenvalue weighted by molar-refractivity contribution is 7.89. The first-order chi connectivity index (χ1) is 9.39. The first-order valence-corrected chi connectivity index (χ1v) is 7.98. The molecule has 2 rings (SSSR count). The lowest BCUT2D eigenvalue weighted by molar-refractivity contribution is 0.0955. The van der Waals surface area contributed by atoms with Gasteiger partial charge in [0.15, 0.2) is 0 Å². The first kappa shape index (κ1) is 18.0. The molecule has 1 fully saturated rings. The van der Waals surface area contributed by atoms with Crippen LogP contribution >= 0.6 is 12.4 Å². The van der Waals surface area contributed by atoms with Gasteiger partial charge in [-0.1, -0.05) is 0 Å². The van der Waals surface area contributed by atoms with Crippen LogP contribution in [0.5, 0.6) is 0 Å². The van der Waals surface area contributed by atoms with Crippen LogP contribution in [0.25, 0.3) is 0 Å². The Kier molecular flexibility index (Phi) is 5.80. The third kappa shape index (κ3) is 3.97. The number of halogens is 1. The Hall–Kier alpha value is -1.09. The van der Waals surface area contributed by atoms with Crippen molar-refractivity contribution in [3.8, 4) is 0 Å². The van der Waals surface area contributed by atoms with Gasteiger partial charge in [-0.25, -0.2) is 13.1 Å². The molecule has 0 saturated heterocycles. The van der Waals surface area contributed by atoms with Crippen molar-refractivity contribution in [1.82, 2.24) is 14.6 Å². The summed E-state index contributed by atoms with van der Waals surface area (Å²) in [4.78, 5) is 11.7. The van der Waals surface area contributed by atoms with Gasteiger partial charge in [0.25, 0.3) is 5.91 Å². The van der Waals surface area contributed by atoms with E-state index < -0.39 is 10.0 Å². The largest absolute Gasteiger partial charge is 0.354 e. The van der Waals surface area contributed by atoms with Crippen LogP contribution in [0.1, 0.15) is 23.3 Å². The summed E-state index contributed by atoms with van der Waals surface area (Å²) in [6, 6.07) is 1.13. The lowest BCUT2D eigenvalue weighted by Gasteiger charge is -2.15.